The molecule has 0 saturated carbocycles. The monoisotopic (exact) mass is 373 g/mol. The zero-order valence-corrected chi connectivity index (χ0v) is 14.2. The molecule has 0 spiro atoms. The van der Waals surface area contributed by atoms with Gasteiger partial charge in [-0.15, -0.1) is 6.58 Å². The molecule has 0 radical (unpaired) electrons. The third kappa shape index (κ3) is 4.50. The molecular weight excluding hydrogens is 358 g/mol. The number of hydrogen-bond donors (Lipinski definition) is 2. The van der Waals surface area contributed by atoms with Crippen LogP contribution in [0.2, 0.25) is 0 Å². The molecule has 6 heteroatoms. The fourth-order valence-electron chi connectivity index (χ4n) is 1.92. The zero-order chi connectivity index (χ0) is 16.8. The van der Waals surface area contributed by atoms with Crippen molar-refractivity contribution < 1.29 is 9.59 Å². The minimum Gasteiger partial charge on any atom is -0.349 e. The van der Waals surface area contributed by atoms with Gasteiger partial charge in [-0.05, 0) is 36.8 Å². The molecule has 0 atom stereocenters. The molecule has 118 valence electrons. The number of aromatic nitrogens is 1. The average molecular weight is 374 g/mol. The second-order valence-corrected chi connectivity index (χ2v) is 5.79. The maximum atomic E-state index is 12.3. The molecule has 0 aliphatic carbocycles. The van der Waals surface area contributed by atoms with Crippen molar-refractivity contribution in [2.24, 2.45) is 0 Å². The third-order valence-corrected chi connectivity index (χ3v) is 3.60. The lowest BCUT2D eigenvalue weighted by Gasteiger charge is -2.09. The lowest BCUT2D eigenvalue weighted by Crippen LogP contribution is -2.24. The molecule has 1 aromatic heterocycles. The SMILES string of the molecule is C=CCNC(=O)c1cncc(C(=O)Nc2ccc(Br)cc2C)c1. The summed E-state index contributed by atoms with van der Waals surface area (Å²) < 4.78 is 0.940. The van der Waals surface area contributed by atoms with Gasteiger partial charge in [0.1, 0.15) is 0 Å². The molecule has 0 aliphatic heterocycles. The largest absolute Gasteiger partial charge is 0.349 e. The van der Waals surface area contributed by atoms with Gasteiger partial charge in [0.2, 0.25) is 0 Å². The van der Waals surface area contributed by atoms with Crippen LogP contribution in [0.5, 0.6) is 0 Å². The van der Waals surface area contributed by atoms with Crippen LogP contribution in [0, 0.1) is 6.92 Å². The molecule has 0 bridgehead atoms. The van der Waals surface area contributed by atoms with E-state index in [-0.39, 0.29) is 11.8 Å². The smallest absolute Gasteiger partial charge is 0.257 e. The Hall–Kier alpha value is -2.47. The van der Waals surface area contributed by atoms with Crippen LogP contribution in [0.3, 0.4) is 0 Å². The quantitative estimate of drug-likeness (QED) is 0.789. The van der Waals surface area contributed by atoms with E-state index in [1.807, 2.05) is 25.1 Å². The first kappa shape index (κ1) is 16.9. The minimum atomic E-state index is -0.318. The van der Waals surface area contributed by atoms with Crippen molar-refractivity contribution in [3.63, 3.8) is 0 Å². The Balaban J connectivity index is 2.16. The summed E-state index contributed by atoms with van der Waals surface area (Å²) in [4.78, 5) is 28.2. The highest BCUT2D eigenvalue weighted by atomic mass is 79.9. The van der Waals surface area contributed by atoms with Crippen LogP contribution < -0.4 is 10.6 Å². The number of pyridine rings is 1. The average Bonchev–Trinajstić information content (AvgIpc) is 2.55. The van der Waals surface area contributed by atoms with Gasteiger partial charge in [0.15, 0.2) is 0 Å². The molecule has 2 N–H and O–H groups in total. The summed E-state index contributed by atoms with van der Waals surface area (Å²) in [7, 11) is 0. The highest BCUT2D eigenvalue weighted by Gasteiger charge is 2.12. The summed E-state index contributed by atoms with van der Waals surface area (Å²) in [6.07, 6.45) is 4.42. The van der Waals surface area contributed by atoms with Gasteiger partial charge in [-0.1, -0.05) is 22.0 Å². The topological polar surface area (TPSA) is 71.1 Å². The first-order chi connectivity index (χ1) is 11.0. The summed E-state index contributed by atoms with van der Waals surface area (Å²) in [5.41, 5.74) is 2.28. The molecule has 0 saturated heterocycles. The minimum absolute atomic E-state index is 0.299. The van der Waals surface area contributed by atoms with Crippen LogP contribution >= 0.6 is 15.9 Å². The number of carbonyl (C=O) groups is 2. The first-order valence-electron chi connectivity index (χ1n) is 6.93. The molecule has 2 rings (SSSR count). The van der Waals surface area contributed by atoms with Crippen LogP contribution in [0.4, 0.5) is 5.69 Å². The first-order valence-corrected chi connectivity index (χ1v) is 7.72. The molecule has 2 amide bonds. The standard InChI is InChI=1S/C17H16BrN3O2/c1-3-6-20-16(22)12-8-13(10-19-9-12)17(23)21-15-5-4-14(18)7-11(15)2/h3-5,7-10H,1,6H2,2H3,(H,20,22)(H,21,23). The number of nitrogens with one attached hydrogen (secondary N) is 2. The molecule has 1 heterocycles. The van der Waals surface area contributed by atoms with Gasteiger partial charge in [0, 0.05) is 29.1 Å². The van der Waals surface area contributed by atoms with E-state index in [2.05, 4.69) is 38.1 Å². The van der Waals surface area contributed by atoms with Crippen LogP contribution in [-0.4, -0.2) is 23.3 Å². The van der Waals surface area contributed by atoms with Crippen molar-refractivity contribution in [3.8, 4) is 0 Å². The number of amides is 2. The van der Waals surface area contributed by atoms with Crippen LogP contribution in [0.15, 0.2) is 53.8 Å². The summed E-state index contributed by atoms with van der Waals surface area (Å²) in [5, 5.41) is 5.46. The van der Waals surface area contributed by atoms with E-state index in [9.17, 15) is 9.59 Å². The van der Waals surface area contributed by atoms with Crippen LogP contribution in [-0.2, 0) is 0 Å². The van der Waals surface area contributed by atoms with Gasteiger partial charge < -0.3 is 10.6 Å². The number of carbonyl (C=O) groups excluding carboxylic acids is 2. The Bertz CT molecular complexity index is 759. The molecule has 1 aromatic carbocycles. The van der Waals surface area contributed by atoms with E-state index in [0.717, 1.165) is 10.0 Å². The molecule has 0 fully saturated rings. The highest BCUT2D eigenvalue weighted by molar-refractivity contribution is 9.10. The Labute approximate surface area is 142 Å². The predicted octanol–water partition coefficient (Wildman–Crippen LogP) is 3.32. The van der Waals surface area contributed by atoms with E-state index in [1.54, 1.807) is 6.08 Å². The number of anilines is 1. The van der Waals surface area contributed by atoms with Gasteiger partial charge >= 0.3 is 0 Å². The number of benzene rings is 1. The maximum absolute atomic E-state index is 12.3. The van der Waals surface area contributed by atoms with Gasteiger partial charge in [0.25, 0.3) is 11.8 Å². The fourth-order valence-corrected chi connectivity index (χ4v) is 2.39. The molecule has 5 nitrogen and oxygen atoms in total. The van der Waals surface area contributed by atoms with Crippen molar-refractivity contribution in [1.29, 1.82) is 0 Å². The summed E-state index contributed by atoms with van der Waals surface area (Å²) in [5.74, 6) is -0.617. The number of nitrogens with zero attached hydrogens (tertiary/aromatic N) is 1. The molecule has 0 unspecified atom stereocenters. The third-order valence-electron chi connectivity index (χ3n) is 3.11. The zero-order valence-electron chi connectivity index (χ0n) is 12.6. The van der Waals surface area contributed by atoms with E-state index in [4.69, 9.17) is 0 Å². The summed E-state index contributed by atoms with van der Waals surface area (Å²) >= 11 is 3.38. The van der Waals surface area contributed by atoms with Crippen molar-refractivity contribution >= 4 is 33.4 Å². The number of rotatable bonds is 5. The Morgan fingerprint density at radius 1 is 1.22 bits per heavy atom. The highest BCUT2D eigenvalue weighted by Crippen LogP contribution is 2.20. The second kappa shape index (κ2) is 7.69. The van der Waals surface area contributed by atoms with Gasteiger partial charge in [-0.2, -0.15) is 0 Å². The lowest BCUT2D eigenvalue weighted by molar-refractivity contribution is 0.0957. The number of halogens is 1. The Kier molecular flexibility index (Phi) is 5.65. The van der Waals surface area contributed by atoms with Crippen LogP contribution in [0.1, 0.15) is 26.3 Å². The summed E-state index contributed by atoms with van der Waals surface area (Å²) in [6.45, 7) is 5.79. The van der Waals surface area contributed by atoms with Gasteiger partial charge in [0.05, 0.1) is 11.1 Å². The molecular formula is C17H16BrN3O2. The Morgan fingerprint density at radius 2 is 1.91 bits per heavy atom. The van der Waals surface area contributed by atoms with Crippen molar-refractivity contribution in [2.45, 2.75) is 6.92 Å². The Morgan fingerprint density at radius 3 is 2.57 bits per heavy atom. The lowest BCUT2D eigenvalue weighted by atomic mass is 10.1. The van der Waals surface area contributed by atoms with E-state index < -0.39 is 0 Å². The number of aryl methyl sites for hydroxylation is 1. The normalized spacial score (nSPS) is 10.0. The van der Waals surface area contributed by atoms with Gasteiger partial charge in [-0.3, -0.25) is 14.6 Å². The summed E-state index contributed by atoms with van der Waals surface area (Å²) in [6, 6.07) is 7.08. The predicted molar refractivity (Wildman–Crippen MR) is 93.6 cm³/mol. The van der Waals surface area contributed by atoms with Crippen molar-refractivity contribution in [3.05, 3.63) is 70.5 Å². The van der Waals surface area contributed by atoms with Crippen molar-refractivity contribution in [2.75, 3.05) is 11.9 Å². The van der Waals surface area contributed by atoms with E-state index >= 15 is 0 Å². The second-order valence-electron chi connectivity index (χ2n) is 4.87. The molecule has 23 heavy (non-hydrogen) atoms. The molecule has 2 aromatic rings. The maximum Gasteiger partial charge on any atom is 0.257 e. The van der Waals surface area contributed by atoms with Crippen molar-refractivity contribution in [1.82, 2.24) is 10.3 Å². The van der Waals surface area contributed by atoms with E-state index in [1.165, 1.54) is 18.5 Å². The van der Waals surface area contributed by atoms with Gasteiger partial charge in [-0.25, -0.2) is 0 Å². The van der Waals surface area contributed by atoms with Crippen LogP contribution in [0.25, 0.3) is 0 Å². The van der Waals surface area contributed by atoms with E-state index in [0.29, 0.717) is 23.4 Å². The molecule has 0 aliphatic rings. The fraction of sp³-hybridized carbons (Fsp3) is 0.118. The number of hydrogen-bond acceptors (Lipinski definition) is 3.